The van der Waals surface area contributed by atoms with Crippen molar-refractivity contribution >= 4 is 163 Å². The summed E-state index contributed by atoms with van der Waals surface area (Å²) in [4.78, 5) is 140. The van der Waals surface area contributed by atoms with Gasteiger partial charge in [-0.1, -0.05) is 24.3 Å². The lowest BCUT2D eigenvalue weighted by Gasteiger charge is -2.26. The molecule has 0 radical (unpaired) electrons. The smallest absolute Gasteiger partial charge is 0.415 e. The molecule has 43 nitrogen and oxygen atoms in total. The fraction of sp³-hybridized carbons (Fsp3) is 0.316. The summed E-state index contributed by atoms with van der Waals surface area (Å²) < 4.78 is 21.1. The van der Waals surface area contributed by atoms with Crippen molar-refractivity contribution in [3.05, 3.63) is 144 Å². The zero-order valence-electron chi connectivity index (χ0n) is 64.6. The molecule has 0 unspecified atom stereocenters. The molecule has 0 bridgehead atoms. The SMILES string of the molecule is CNc1cc(Nc2cccc(N3CCCC3=O)n2)nc2c(C(=O)NC3CCC3)cnn12.CNc1cc(Nc2cccc(N3CCOC3=O)n2)nc2c(C(=O)NC3CCC3)cnn12.CNc1cc(Nc2cccc(N3CCOC3=O)n2)nc2c(C(N)=O)cnn12.Nc1cc(Nc2cccc(N3CCCC3=O)n2)nc2c(C(=O)NC3COC3)cnn12. The van der Waals surface area contributed by atoms with Gasteiger partial charge in [-0.05, 0) is 99.9 Å². The second kappa shape index (κ2) is 34.1. The first kappa shape index (κ1) is 77.7. The molecule has 43 heteroatoms. The van der Waals surface area contributed by atoms with Crippen LogP contribution in [-0.4, -0.2) is 218 Å². The van der Waals surface area contributed by atoms with E-state index in [1.807, 2.05) is 24.3 Å². The van der Waals surface area contributed by atoms with E-state index in [-0.39, 0.29) is 53.2 Å². The van der Waals surface area contributed by atoms with Gasteiger partial charge < -0.3 is 78.8 Å². The number of amides is 8. The molecule has 0 spiro atoms. The molecule has 8 amide bonds. The number of carbonyl (C=O) groups is 8. The summed E-state index contributed by atoms with van der Waals surface area (Å²) in [6.45, 7) is 3.91. The monoisotopic (exact) mass is 1620 g/mol. The fourth-order valence-electron chi connectivity index (χ4n) is 13.6. The molecular formula is C76H82N32O11. The van der Waals surface area contributed by atoms with E-state index < -0.39 is 18.1 Å². The Kier molecular flexibility index (Phi) is 22.3. The second-order valence-corrected chi connectivity index (χ2v) is 28.2. The van der Waals surface area contributed by atoms with Crippen LogP contribution in [-0.2, 0) is 23.8 Å². The summed E-state index contributed by atoms with van der Waals surface area (Å²) in [6, 6.07) is 28.7. The standard InChI is InChI=1S/C21H24N8O2.C20H22N8O3.C19H20N8O3.C16H16N8O3/c1-22-18-11-16(25-15-7-3-8-17(26-15)28-10-4-9-19(28)30)27-20-14(12-23-29(18)20)21(31)24-13-5-2-6-13;1-21-17-10-15(24-14-6-3-7-16(25-14)27-8-9-31-20(27)30)26-18-13(11-22-28(17)18)19(29)23-12-4-2-5-12;20-13-7-15(23-14-3-1-4-16(24-14)26-6-2-5-17(26)28)25-18-12(8-21-27(13)18)19(29)22-11-9-30-10-11;1-18-13-7-11(22-15-9(14(17)25)8-19-24(13)15)20-10-3-2-4-12(21-10)23-5-6-27-16(23)26/h3,7-8,11-13,22H,2,4-6,9-10H2,1H3,(H,24,31)(H,25,26,27);3,6-7,10-12,21H,2,4-5,8-9H2,1H3,(H,23,29)(H,24,25,26);1,3-4,7-8,11H,2,5-6,9-10,20H2,(H,22,29)(H,23,24,25);2-4,7-8,18H,5-6H2,1H3,(H2,17,25)(H,20,21,22). The van der Waals surface area contributed by atoms with Crippen molar-refractivity contribution in [1.29, 1.82) is 0 Å². The third-order valence-electron chi connectivity index (χ3n) is 20.3. The molecule has 17 heterocycles. The molecule has 0 atom stereocenters. The number of nitrogen functional groups attached to an aromatic ring is 1. The Bertz CT molecular complexity index is 5740. The highest BCUT2D eigenvalue weighted by molar-refractivity contribution is 6.03. The molecule has 5 aliphatic heterocycles. The van der Waals surface area contributed by atoms with Crippen LogP contribution in [0.5, 0.6) is 0 Å². The maximum absolute atomic E-state index is 12.7. The van der Waals surface area contributed by atoms with Gasteiger partial charge in [0.1, 0.15) is 129 Å². The number of nitrogens with one attached hydrogen (secondary N) is 10. The first-order chi connectivity index (χ1) is 57.9. The van der Waals surface area contributed by atoms with E-state index in [2.05, 4.69) is 113 Å². The van der Waals surface area contributed by atoms with E-state index in [4.69, 9.17) is 25.7 Å². The predicted octanol–water partition coefficient (Wildman–Crippen LogP) is 6.14. The van der Waals surface area contributed by atoms with Crippen LogP contribution >= 0.6 is 0 Å². The van der Waals surface area contributed by atoms with Gasteiger partial charge in [-0.15, -0.1) is 0 Å². The van der Waals surface area contributed by atoms with Gasteiger partial charge >= 0.3 is 12.2 Å². The number of aromatic nitrogens is 16. The van der Waals surface area contributed by atoms with Crippen LogP contribution in [0.25, 0.3) is 22.6 Å². The normalized spacial score (nSPS) is 15.8. The van der Waals surface area contributed by atoms with Gasteiger partial charge in [-0.2, -0.15) is 38.5 Å². The van der Waals surface area contributed by atoms with Crippen LogP contribution in [0.3, 0.4) is 0 Å². The minimum Gasteiger partial charge on any atom is -0.447 e. The highest BCUT2D eigenvalue weighted by Gasteiger charge is 2.32. The van der Waals surface area contributed by atoms with Crippen molar-refractivity contribution in [3.63, 3.8) is 0 Å². The molecule has 2 aliphatic carbocycles. The third kappa shape index (κ3) is 16.9. The third-order valence-corrected chi connectivity index (χ3v) is 20.3. The van der Waals surface area contributed by atoms with Gasteiger partial charge in [0.15, 0.2) is 22.6 Å². The van der Waals surface area contributed by atoms with Crippen LogP contribution < -0.4 is 84.2 Å². The molecule has 2 saturated carbocycles. The highest BCUT2D eigenvalue weighted by Crippen LogP contribution is 2.32. The Balaban J connectivity index is 0.000000119. The van der Waals surface area contributed by atoms with Gasteiger partial charge in [0.2, 0.25) is 11.8 Å². The number of anilines is 16. The van der Waals surface area contributed by atoms with E-state index in [0.717, 1.165) is 51.4 Å². The van der Waals surface area contributed by atoms with Crippen molar-refractivity contribution in [2.45, 2.75) is 82.3 Å². The van der Waals surface area contributed by atoms with Gasteiger partial charge in [-0.25, -0.2) is 49.5 Å². The number of ether oxygens (including phenoxy) is 3. The first-order valence-electron chi connectivity index (χ1n) is 38.5. The molecule has 14 N–H and O–H groups in total. The number of nitrogens with two attached hydrogens (primary N) is 2. The van der Waals surface area contributed by atoms with Gasteiger partial charge in [0, 0.05) is 83.4 Å². The summed E-state index contributed by atoms with van der Waals surface area (Å²) in [7, 11) is 5.28. The zero-order valence-corrected chi connectivity index (χ0v) is 64.6. The van der Waals surface area contributed by atoms with Crippen molar-refractivity contribution in [3.8, 4) is 0 Å². The average molecular weight is 1620 g/mol. The number of cyclic esters (lactones) is 2. The lowest BCUT2D eigenvalue weighted by Crippen LogP contribution is -2.48. The van der Waals surface area contributed by atoms with Crippen LogP contribution in [0, 0.1) is 0 Å². The molecule has 7 aliphatic rings. The first-order valence-corrected chi connectivity index (χ1v) is 38.5. The number of hydrogen-bond acceptors (Lipinski definition) is 31. The number of hydrogen-bond donors (Lipinski definition) is 12. The van der Waals surface area contributed by atoms with Gasteiger partial charge in [-0.3, -0.25) is 48.4 Å². The molecule has 12 aromatic rings. The van der Waals surface area contributed by atoms with Crippen molar-refractivity contribution < 1.29 is 52.6 Å². The average Bonchev–Trinajstić information content (AvgIpc) is 1.66. The Morgan fingerprint density at radius 2 is 0.731 bits per heavy atom. The van der Waals surface area contributed by atoms with Gasteiger partial charge in [0.05, 0.1) is 57.1 Å². The van der Waals surface area contributed by atoms with E-state index in [0.29, 0.717) is 198 Å². The fourth-order valence-corrected chi connectivity index (χ4v) is 13.6. The van der Waals surface area contributed by atoms with Crippen molar-refractivity contribution in [1.82, 2.24) is 94.3 Å². The molecule has 7 fully saturated rings. The Morgan fingerprint density at radius 3 is 1.04 bits per heavy atom. The number of rotatable bonds is 22. The Labute approximate surface area is 675 Å². The largest absolute Gasteiger partial charge is 0.447 e. The topological polar surface area (TPSA) is 522 Å². The van der Waals surface area contributed by atoms with Gasteiger partial charge in [0.25, 0.3) is 23.6 Å². The van der Waals surface area contributed by atoms with E-state index in [1.165, 1.54) is 37.4 Å². The minimum absolute atomic E-state index is 0.00802. The summed E-state index contributed by atoms with van der Waals surface area (Å²) in [5.41, 5.74) is 14.4. The highest BCUT2D eigenvalue weighted by atomic mass is 16.6. The molecule has 19 rings (SSSR count). The lowest BCUT2D eigenvalue weighted by molar-refractivity contribution is -0.117. The second-order valence-electron chi connectivity index (χ2n) is 28.2. The van der Waals surface area contributed by atoms with Crippen LogP contribution in [0.1, 0.15) is 106 Å². The molecular weight excluding hydrogens is 1540 g/mol. The summed E-state index contributed by atoms with van der Waals surface area (Å²) in [5.74, 6) is 7.26. The Hall–Kier alpha value is -15.2. The van der Waals surface area contributed by atoms with E-state index >= 15 is 0 Å². The van der Waals surface area contributed by atoms with E-state index in [1.54, 1.807) is 119 Å². The molecule has 612 valence electrons. The number of nitrogens with zero attached hydrogens (tertiary/aromatic N) is 20. The minimum atomic E-state index is -0.621. The van der Waals surface area contributed by atoms with Crippen molar-refractivity contribution in [2.24, 2.45) is 5.73 Å². The maximum atomic E-state index is 12.7. The molecule has 5 saturated heterocycles. The van der Waals surface area contributed by atoms with E-state index in [9.17, 15) is 38.4 Å². The number of pyridine rings is 4. The summed E-state index contributed by atoms with van der Waals surface area (Å²) >= 11 is 0. The molecule has 12 aromatic heterocycles. The predicted molar refractivity (Wildman–Crippen MR) is 436 cm³/mol. The maximum Gasteiger partial charge on any atom is 0.415 e. The number of carbonyl (C=O) groups excluding carboxylic acids is 8. The lowest BCUT2D eigenvalue weighted by atomic mass is 9.93. The quantitative estimate of drug-likeness (QED) is 0.0362. The van der Waals surface area contributed by atoms with Crippen LogP contribution in [0.2, 0.25) is 0 Å². The zero-order chi connectivity index (χ0) is 82.4. The van der Waals surface area contributed by atoms with Crippen molar-refractivity contribution in [2.75, 3.05) is 136 Å². The summed E-state index contributed by atoms with van der Waals surface area (Å²) in [6.07, 6.45) is 14.1. The number of primary amides is 1. The number of fused-ring (bicyclic) bond motifs is 4. The van der Waals surface area contributed by atoms with Crippen LogP contribution in [0.4, 0.5) is 103 Å². The Morgan fingerprint density at radius 1 is 0.395 bits per heavy atom. The van der Waals surface area contributed by atoms with Crippen LogP contribution in [0.15, 0.2) is 122 Å². The molecule has 0 aromatic carbocycles. The summed E-state index contributed by atoms with van der Waals surface area (Å²) in [5, 5.41) is 47.5. The molecule has 119 heavy (non-hydrogen) atoms.